The van der Waals surface area contributed by atoms with Crippen LogP contribution in [0.5, 0.6) is 5.75 Å². The number of ether oxygens (including phenoxy) is 1. The van der Waals surface area contributed by atoms with Crippen LogP contribution >= 0.6 is 22.9 Å². The van der Waals surface area contributed by atoms with Crippen LogP contribution in [0.15, 0.2) is 47.8 Å². The molecule has 3 rings (SSSR count). The number of benzene rings is 2. The maximum Gasteiger partial charge on any atom is 0.284 e. The zero-order valence-corrected chi connectivity index (χ0v) is 17.6. The zero-order chi connectivity index (χ0) is 21.0. The van der Waals surface area contributed by atoms with Crippen LogP contribution in [0.3, 0.4) is 0 Å². The number of rotatable bonds is 7. The fraction of sp³-hybridized carbons (Fsp3) is 0.158. The summed E-state index contributed by atoms with van der Waals surface area (Å²) >= 11 is 7.32. The molecule has 2 aromatic carbocycles. The van der Waals surface area contributed by atoms with Crippen molar-refractivity contribution in [3.05, 3.63) is 80.5 Å². The predicted molar refractivity (Wildman–Crippen MR) is 109 cm³/mol. The van der Waals surface area contributed by atoms with Gasteiger partial charge in [0.2, 0.25) is 10.0 Å². The number of amides is 1. The molecule has 0 fully saturated rings. The molecule has 3 aromatic rings. The van der Waals surface area contributed by atoms with Crippen molar-refractivity contribution in [2.75, 3.05) is 6.26 Å². The molecule has 1 amide bonds. The topological polar surface area (TPSA) is 85.4 Å². The summed E-state index contributed by atoms with van der Waals surface area (Å²) in [5.74, 6) is -0.523. The number of hydrogen-bond donors (Lipinski definition) is 1. The van der Waals surface area contributed by atoms with E-state index in [2.05, 4.69) is 4.98 Å². The summed E-state index contributed by atoms with van der Waals surface area (Å²) in [7, 11) is -3.67. The second-order valence-corrected chi connectivity index (χ2v) is 9.30. The fourth-order valence-electron chi connectivity index (χ4n) is 2.45. The first-order chi connectivity index (χ1) is 13.7. The minimum absolute atomic E-state index is 0.0197. The van der Waals surface area contributed by atoms with Crippen molar-refractivity contribution >= 4 is 38.9 Å². The van der Waals surface area contributed by atoms with Gasteiger partial charge >= 0.3 is 0 Å². The van der Waals surface area contributed by atoms with Crippen molar-refractivity contribution in [3.8, 4) is 5.75 Å². The molecule has 1 aromatic heterocycles. The third kappa shape index (κ3) is 6.25. The largest absolute Gasteiger partial charge is 0.489 e. The van der Waals surface area contributed by atoms with E-state index in [9.17, 15) is 17.6 Å². The number of aromatic nitrogens is 1. The summed E-state index contributed by atoms with van der Waals surface area (Å²) in [6.45, 7) is 0.245. The summed E-state index contributed by atoms with van der Waals surface area (Å²) in [6, 6.07) is 11.2. The Balaban J connectivity index is 1.74. The van der Waals surface area contributed by atoms with Crippen LogP contribution < -0.4 is 9.46 Å². The Bertz CT molecular complexity index is 1130. The van der Waals surface area contributed by atoms with Gasteiger partial charge in [0, 0.05) is 22.4 Å². The van der Waals surface area contributed by atoms with E-state index in [1.165, 1.54) is 28.8 Å². The Hall–Kier alpha value is -2.49. The van der Waals surface area contributed by atoms with E-state index >= 15 is 0 Å². The molecule has 0 aliphatic carbocycles. The zero-order valence-electron chi connectivity index (χ0n) is 15.2. The van der Waals surface area contributed by atoms with Gasteiger partial charge < -0.3 is 4.74 Å². The standard InChI is InChI=1S/C19H16ClFN2O4S2/c1-29(25,26)23-19(24)16-11-28-18(22-16)9-13-8-14(20)4-7-17(13)27-10-12-2-5-15(21)6-3-12/h2-8,11H,9-10H2,1H3,(H,23,24). The van der Waals surface area contributed by atoms with Gasteiger partial charge in [0.05, 0.1) is 11.3 Å². The Morgan fingerprint density at radius 3 is 2.66 bits per heavy atom. The van der Waals surface area contributed by atoms with Gasteiger partial charge in [-0.05, 0) is 35.9 Å². The molecule has 0 saturated carbocycles. The van der Waals surface area contributed by atoms with Crippen LogP contribution in [-0.4, -0.2) is 25.6 Å². The molecule has 0 aliphatic rings. The summed E-state index contributed by atoms with van der Waals surface area (Å²) in [5, 5.41) is 2.60. The molecule has 1 N–H and O–H groups in total. The Kier molecular flexibility index (Phi) is 6.51. The Morgan fingerprint density at radius 1 is 1.24 bits per heavy atom. The molecule has 1 heterocycles. The highest BCUT2D eigenvalue weighted by atomic mass is 35.5. The minimum atomic E-state index is -3.67. The van der Waals surface area contributed by atoms with E-state index in [4.69, 9.17) is 16.3 Å². The lowest BCUT2D eigenvalue weighted by molar-refractivity contribution is 0.0977. The predicted octanol–water partition coefficient (Wildman–Crippen LogP) is 3.79. The summed E-state index contributed by atoms with van der Waals surface area (Å²) in [4.78, 5) is 16.1. The maximum absolute atomic E-state index is 13.0. The van der Waals surface area contributed by atoms with Crippen molar-refractivity contribution in [2.45, 2.75) is 13.0 Å². The fourth-order valence-corrected chi connectivity index (χ4v) is 3.88. The molecule has 0 unspecified atom stereocenters. The molecule has 0 spiro atoms. The molecule has 6 nitrogen and oxygen atoms in total. The van der Waals surface area contributed by atoms with Crippen LogP contribution in [0.25, 0.3) is 0 Å². The monoisotopic (exact) mass is 454 g/mol. The first-order valence-electron chi connectivity index (χ1n) is 8.32. The van der Waals surface area contributed by atoms with Crippen LogP contribution in [0.4, 0.5) is 4.39 Å². The summed E-state index contributed by atoms with van der Waals surface area (Å²) in [5.41, 5.74) is 1.58. The van der Waals surface area contributed by atoms with Crippen molar-refractivity contribution in [1.29, 1.82) is 0 Å². The number of sulfonamides is 1. The van der Waals surface area contributed by atoms with E-state index in [1.54, 1.807) is 30.3 Å². The molecule has 10 heteroatoms. The van der Waals surface area contributed by atoms with Crippen molar-refractivity contribution in [1.82, 2.24) is 9.71 Å². The Labute approximate surface area is 176 Å². The molecule has 0 atom stereocenters. The van der Waals surface area contributed by atoms with Gasteiger partial charge in [0.1, 0.15) is 23.9 Å². The average molecular weight is 455 g/mol. The first kappa shape index (κ1) is 21.2. The highest BCUT2D eigenvalue weighted by Crippen LogP contribution is 2.27. The van der Waals surface area contributed by atoms with Gasteiger partial charge in [-0.15, -0.1) is 11.3 Å². The van der Waals surface area contributed by atoms with Gasteiger partial charge in [-0.1, -0.05) is 23.7 Å². The maximum atomic E-state index is 13.0. The number of nitrogens with one attached hydrogen (secondary N) is 1. The number of nitrogens with zero attached hydrogens (tertiary/aromatic N) is 1. The van der Waals surface area contributed by atoms with Crippen LogP contribution in [0.2, 0.25) is 5.02 Å². The quantitative estimate of drug-likeness (QED) is 0.587. The van der Waals surface area contributed by atoms with Gasteiger partial charge in [-0.25, -0.2) is 22.5 Å². The molecular formula is C19H16ClFN2O4S2. The van der Waals surface area contributed by atoms with Gasteiger partial charge in [0.25, 0.3) is 5.91 Å². The van der Waals surface area contributed by atoms with Crippen LogP contribution in [0, 0.1) is 5.82 Å². The number of carbonyl (C=O) groups excluding carboxylic acids is 1. The molecular weight excluding hydrogens is 439 g/mol. The van der Waals surface area contributed by atoms with E-state index in [0.717, 1.165) is 17.4 Å². The van der Waals surface area contributed by atoms with E-state index in [0.29, 0.717) is 22.2 Å². The highest BCUT2D eigenvalue weighted by Gasteiger charge is 2.16. The van der Waals surface area contributed by atoms with Gasteiger partial charge in [-0.3, -0.25) is 4.79 Å². The first-order valence-corrected chi connectivity index (χ1v) is 11.5. The highest BCUT2D eigenvalue weighted by molar-refractivity contribution is 7.89. The molecule has 0 bridgehead atoms. The molecule has 0 aliphatic heterocycles. The smallest absolute Gasteiger partial charge is 0.284 e. The molecule has 0 saturated heterocycles. The lowest BCUT2D eigenvalue weighted by Gasteiger charge is -2.11. The van der Waals surface area contributed by atoms with E-state index in [-0.39, 0.29) is 18.1 Å². The van der Waals surface area contributed by atoms with Crippen LogP contribution in [-0.2, 0) is 23.1 Å². The van der Waals surface area contributed by atoms with Gasteiger partial charge in [-0.2, -0.15) is 0 Å². The summed E-state index contributed by atoms with van der Waals surface area (Å²) in [6.07, 6.45) is 1.24. The second kappa shape index (κ2) is 8.89. The molecule has 29 heavy (non-hydrogen) atoms. The minimum Gasteiger partial charge on any atom is -0.489 e. The number of halogens is 2. The van der Waals surface area contributed by atoms with Crippen molar-refractivity contribution in [3.63, 3.8) is 0 Å². The lowest BCUT2D eigenvalue weighted by Crippen LogP contribution is -2.29. The Morgan fingerprint density at radius 2 is 1.97 bits per heavy atom. The summed E-state index contributed by atoms with van der Waals surface area (Å²) < 4.78 is 43.1. The second-order valence-electron chi connectivity index (χ2n) is 6.17. The number of carbonyl (C=O) groups is 1. The third-order valence-corrected chi connectivity index (χ3v) is 5.37. The molecule has 0 radical (unpaired) electrons. The van der Waals surface area contributed by atoms with Crippen molar-refractivity contribution < 1.29 is 22.3 Å². The third-order valence-electron chi connectivity index (χ3n) is 3.73. The SMILES string of the molecule is CS(=O)(=O)NC(=O)c1csc(Cc2cc(Cl)ccc2OCc2ccc(F)cc2)n1. The lowest BCUT2D eigenvalue weighted by atomic mass is 10.1. The van der Waals surface area contributed by atoms with Crippen molar-refractivity contribution in [2.24, 2.45) is 0 Å². The molecule has 152 valence electrons. The average Bonchev–Trinajstić information content (AvgIpc) is 3.10. The number of thiazole rings is 1. The van der Waals surface area contributed by atoms with Crippen LogP contribution in [0.1, 0.15) is 26.6 Å². The normalized spacial score (nSPS) is 11.3. The van der Waals surface area contributed by atoms with E-state index in [1.807, 2.05) is 4.72 Å². The van der Waals surface area contributed by atoms with E-state index < -0.39 is 15.9 Å². The number of hydrogen-bond acceptors (Lipinski definition) is 6. The van der Waals surface area contributed by atoms with Gasteiger partial charge in [0.15, 0.2) is 0 Å².